The molecule has 0 aliphatic rings. The van der Waals surface area contributed by atoms with Crippen LogP contribution < -0.4 is 10.6 Å². The number of hydrogen-bond acceptors (Lipinski definition) is 4. The fourth-order valence-corrected chi connectivity index (χ4v) is 1.07. The predicted molar refractivity (Wildman–Crippen MR) is 57.0 cm³/mol. The van der Waals surface area contributed by atoms with Gasteiger partial charge in [-0.1, -0.05) is 0 Å². The minimum Gasteiger partial charge on any atom is -0.508 e. The fraction of sp³-hybridized carbons (Fsp3) is 0.200. The number of carbonyl (C=O) groups excluding carboxylic acids is 1. The summed E-state index contributed by atoms with van der Waals surface area (Å²) in [5.74, 6) is -0.292. The number of nitrogens with one attached hydrogen (secondary N) is 2. The second-order valence-corrected chi connectivity index (χ2v) is 3.03. The molecule has 16 heavy (non-hydrogen) atoms. The molecule has 84 valence electrons. The molecule has 6 nitrogen and oxygen atoms in total. The van der Waals surface area contributed by atoms with Crippen molar-refractivity contribution in [2.45, 2.75) is 6.42 Å². The van der Waals surface area contributed by atoms with Crippen LogP contribution in [0.4, 0.5) is 10.5 Å². The van der Waals surface area contributed by atoms with Crippen LogP contribution in [-0.2, 0) is 0 Å². The number of carbonyl (C=O) groups is 1. The molecule has 0 saturated carbocycles. The Morgan fingerprint density at radius 3 is 2.50 bits per heavy atom. The highest BCUT2D eigenvalue weighted by molar-refractivity contribution is 5.89. The molecule has 0 fully saturated rings. The zero-order valence-electron chi connectivity index (χ0n) is 8.40. The Morgan fingerprint density at radius 1 is 1.31 bits per heavy atom. The van der Waals surface area contributed by atoms with E-state index in [1.807, 2.05) is 6.07 Å². The molecule has 2 amide bonds. The molecule has 0 radical (unpaired) electrons. The Balaban J connectivity index is 2.53. The third-order valence-electron chi connectivity index (χ3n) is 1.68. The number of amides is 2. The van der Waals surface area contributed by atoms with Crippen molar-refractivity contribution in [3.05, 3.63) is 18.2 Å². The standard InChI is InChI=1S/C10H11N3O3/c11-2-1-3-12-10(16)13-7-4-8(14)6-9(15)5-7/h4-6,14-15H,1,3H2,(H2,12,13,16). The number of nitriles is 1. The molecule has 4 N–H and O–H groups in total. The van der Waals surface area contributed by atoms with Gasteiger partial charge in [-0.3, -0.25) is 0 Å². The Morgan fingerprint density at radius 2 is 1.94 bits per heavy atom. The number of nitrogens with zero attached hydrogens (tertiary/aromatic N) is 1. The van der Waals surface area contributed by atoms with Crippen LogP contribution in [0, 0.1) is 11.3 Å². The molecular weight excluding hydrogens is 210 g/mol. The maximum Gasteiger partial charge on any atom is 0.319 e. The summed E-state index contributed by atoms with van der Waals surface area (Å²) in [4.78, 5) is 11.2. The number of phenolic OH excluding ortho intramolecular Hbond substituents is 2. The molecule has 0 spiro atoms. The minimum atomic E-state index is -0.500. The van der Waals surface area contributed by atoms with Crippen LogP contribution in [0.2, 0.25) is 0 Å². The SMILES string of the molecule is N#CCCNC(=O)Nc1cc(O)cc(O)c1. The normalized spacial score (nSPS) is 9.19. The van der Waals surface area contributed by atoms with Crippen LogP contribution in [0.3, 0.4) is 0 Å². The van der Waals surface area contributed by atoms with Crippen molar-refractivity contribution in [3.8, 4) is 17.6 Å². The van der Waals surface area contributed by atoms with Crippen LogP contribution in [0.25, 0.3) is 0 Å². The molecule has 0 saturated heterocycles. The lowest BCUT2D eigenvalue weighted by atomic mass is 10.3. The third-order valence-corrected chi connectivity index (χ3v) is 1.68. The Kier molecular flexibility index (Phi) is 3.98. The first kappa shape index (κ1) is 11.7. The second kappa shape index (κ2) is 5.46. The van der Waals surface area contributed by atoms with E-state index in [0.717, 1.165) is 6.07 Å². The zero-order chi connectivity index (χ0) is 12.0. The number of rotatable bonds is 3. The van der Waals surface area contributed by atoms with Crippen molar-refractivity contribution in [1.82, 2.24) is 5.32 Å². The highest BCUT2D eigenvalue weighted by Crippen LogP contribution is 2.23. The molecule has 0 aliphatic carbocycles. The van der Waals surface area contributed by atoms with Gasteiger partial charge in [-0.05, 0) is 0 Å². The van der Waals surface area contributed by atoms with Crippen molar-refractivity contribution in [1.29, 1.82) is 5.26 Å². The zero-order valence-corrected chi connectivity index (χ0v) is 8.40. The number of benzene rings is 1. The van der Waals surface area contributed by atoms with E-state index in [0.29, 0.717) is 0 Å². The molecule has 0 aromatic heterocycles. The summed E-state index contributed by atoms with van der Waals surface area (Å²) in [7, 11) is 0. The summed E-state index contributed by atoms with van der Waals surface area (Å²) in [5, 5.41) is 31.4. The molecule has 1 aromatic rings. The average Bonchev–Trinajstić information content (AvgIpc) is 2.16. The lowest BCUT2D eigenvalue weighted by Gasteiger charge is -2.06. The Bertz CT molecular complexity index is 406. The summed E-state index contributed by atoms with van der Waals surface area (Å²) in [6.07, 6.45) is 0.221. The number of anilines is 1. The lowest BCUT2D eigenvalue weighted by molar-refractivity contribution is 0.252. The van der Waals surface area contributed by atoms with Crippen molar-refractivity contribution in [3.63, 3.8) is 0 Å². The number of aromatic hydroxyl groups is 2. The van der Waals surface area contributed by atoms with Gasteiger partial charge in [0.25, 0.3) is 0 Å². The molecule has 0 atom stereocenters. The summed E-state index contributed by atoms with van der Waals surface area (Å²) < 4.78 is 0. The molecule has 1 rings (SSSR count). The van der Waals surface area contributed by atoms with E-state index in [2.05, 4.69) is 10.6 Å². The average molecular weight is 221 g/mol. The van der Waals surface area contributed by atoms with Gasteiger partial charge in [0.2, 0.25) is 0 Å². The van der Waals surface area contributed by atoms with Gasteiger partial charge in [-0.25, -0.2) is 4.79 Å². The van der Waals surface area contributed by atoms with Gasteiger partial charge in [0, 0.05) is 30.4 Å². The summed E-state index contributed by atoms with van der Waals surface area (Å²) >= 11 is 0. The first-order valence-electron chi connectivity index (χ1n) is 4.56. The smallest absolute Gasteiger partial charge is 0.319 e. The van der Waals surface area contributed by atoms with Crippen molar-refractivity contribution in [2.24, 2.45) is 0 Å². The van der Waals surface area contributed by atoms with E-state index in [1.165, 1.54) is 12.1 Å². The van der Waals surface area contributed by atoms with Gasteiger partial charge in [0.15, 0.2) is 0 Å². The third kappa shape index (κ3) is 3.75. The lowest BCUT2D eigenvalue weighted by Crippen LogP contribution is -2.29. The van der Waals surface area contributed by atoms with E-state index in [4.69, 9.17) is 15.5 Å². The van der Waals surface area contributed by atoms with E-state index in [-0.39, 0.29) is 30.2 Å². The van der Waals surface area contributed by atoms with Gasteiger partial charge in [0.05, 0.1) is 12.5 Å². The van der Waals surface area contributed by atoms with Gasteiger partial charge in [0.1, 0.15) is 11.5 Å². The largest absolute Gasteiger partial charge is 0.508 e. The van der Waals surface area contributed by atoms with E-state index < -0.39 is 6.03 Å². The van der Waals surface area contributed by atoms with Gasteiger partial charge < -0.3 is 20.8 Å². The van der Waals surface area contributed by atoms with Crippen molar-refractivity contribution < 1.29 is 15.0 Å². The van der Waals surface area contributed by atoms with Crippen LogP contribution in [0.1, 0.15) is 6.42 Å². The van der Waals surface area contributed by atoms with Crippen molar-refractivity contribution in [2.75, 3.05) is 11.9 Å². The van der Waals surface area contributed by atoms with Gasteiger partial charge >= 0.3 is 6.03 Å². The topological polar surface area (TPSA) is 105 Å². The van der Waals surface area contributed by atoms with E-state index in [1.54, 1.807) is 0 Å². The van der Waals surface area contributed by atoms with Crippen LogP contribution in [-0.4, -0.2) is 22.8 Å². The number of hydrogen-bond donors (Lipinski definition) is 4. The molecule has 6 heteroatoms. The van der Waals surface area contributed by atoms with Crippen LogP contribution in [0.5, 0.6) is 11.5 Å². The van der Waals surface area contributed by atoms with Crippen LogP contribution >= 0.6 is 0 Å². The minimum absolute atomic E-state index is 0.146. The van der Waals surface area contributed by atoms with Crippen LogP contribution in [0.15, 0.2) is 18.2 Å². The first-order valence-corrected chi connectivity index (χ1v) is 4.56. The molecule has 0 unspecified atom stereocenters. The Hall–Kier alpha value is -2.42. The molecule has 1 aromatic carbocycles. The highest BCUT2D eigenvalue weighted by Gasteiger charge is 2.03. The quantitative estimate of drug-likeness (QED) is 0.574. The molecule has 0 bridgehead atoms. The monoisotopic (exact) mass is 221 g/mol. The number of phenols is 2. The first-order chi connectivity index (χ1) is 7.61. The number of urea groups is 1. The van der Waals surface area contributed by atoms with Gasteiger partial charge in [-0.2, -0.15) is 5.26 Å². The van der Waals surface area contributed by atoms with E-state index in [9.17, 15) is 4.79 Å². The maximum absolute atomic E-state index is 11.2. The molecule has 0 aliphatic heterocycles. The van der Waals surface area contributed by atoms with Crippen molar-refractivity contribution >= 4 is 11.7 Å². The molecular formula is C10H11N3O3. The maximum atomic E-state index is 11.2. The van der Waals surface area contributed by atoms with Gasteiger partial charge in [-0.15, -0.1) is 0 Å². The highest BCUT2D eigenvalue weighted by atomic mass is 16.3. The van der Waals surface area contributed by atoms with E-state index >= 15 is 0 Å². The summed E-state index contributed by atoms with van der Waals surface area (Å²) in [6.45, 7) is 0.243. The summed E-state index contributed by atoms with van der Waals surface area (Å²) in [6, 6.07) is 5.12. The second-order valence-electron chi connectivity index (χ2n) is 3.03. The fourth-order valence-electron chi connectivity index (χ4n) is 1.07. The predicted octanol–water partition coefficient (Wildman–Crippen LogP) is 1.13. The molecule has 0 heterocycles. The summed E-state index contributed by atoms with van der Waals surface area (Å²) in [5.41, 5.74) is 0.270. The Labute approximate surface area is 92.1 Å².